The summed E-state index contributed by atoms with van der Waals surface area (Å²) >= 11 is 0. The first-order valence-electron chi connectivity index (χ1n) is 9.22. The Bertz CT molecular complexity index is 784. The zero-order valence-electron chi connectivity index (χ0n) is 16.2. The normalized spacial score (nSPS) is 16.9. The van der Waals surface area contributed by atoms with Crippen molar-refractivity contribution in [1.82, 2.24) is 9.62 Å². The highest BCUT2D eigenvalue weighted by atomic mass is 35.5. The molecule has 0 aliphatic carbocycles. The monoisotopic (exact) mass is 432 g/mol. The Labute approximate surface area is 172 Å². The van der Waals surface area contributed by atoms with Crippen LogP contribution in [0.2, 0.25) is 0 Å². The Balaban J connectivity index is 0.00000392. The van der Waals surface area contributed by atoms with E-state index in [9.17, 15) is 18.0 Å². The third-order valence-electron chi connectivity index (χ3n) is 4.76. The lowest BCUT2D eigenvalue weighted by Gasteiger charge is -2.26. The van der Waals surface area contributed by atoms with Crippen LogP contribution in [-0.2, 0) is 19.6 Å². The van der Waals surface area contributed by atoms with Gasteiger partial charge in [0.1, 0.15) is 0 Å². The summed E-state index contributed by atoms with van der Waals surface area (Å²) in [6.45, 7) is 4.78. The fourth-order valence-electron chi connectivity index (χ4n) is 3.25. The van der Waals surface area contributed by atoms with Gasteiger partial charge in [0.25, 0.3) is 0 Å². The summed E-state index contributed by atoms with van der Waals surface area (Å²) in [5.74, 6) is -0.721. The molecular weight excluding hydrogens is 404 g/mol. The fraction of sp³-hybridized carbons (Fsp3) is 0.556. The molecule has 2 amide bonds. The molecule has 0 saturated carbocycles. The molecule has 1 aliphatic heterocycles. The minimum absolute atomic E-state index is 0. The highest BCUT2D eigenvalue weighted by molar-refractivity contribution is 7.89. The molecule has 158 valence electrons. The Morgan fingerprint density at radius 2 is 2.00 bits per heavy atom. The average Bonchev–Trinajstić information content (AvgIpc) is 3.03. The number of anilines is 1. The van der Waals surface area contributed by atoms with Crippen LogP contribution in [0, 0.1) is 5.92 Å². The van der Waals surface area contributed by atoms with Crippen LogP contribution in [0.25, 0.3) is 0 Å². The lowest BCUT2D eigenvalue weighted by molar-refractivity contribution is -0.130. The van der Waals surface area contributed by atoms with Gasteiger partial charge in [-0.2, -0.15) is 0 Å². The molecule has 4 N–H and O–H groups in total. The summed E-state index contributed by atoms with van der Waals surface area (Å²) in [5, 5.41) is 2.73. The molecule has 1 aliphatic rings. The summed E-state index contributed by atoms with van der Waals surface area (Å²) in [6, 6.07) is 6.17. The van der Waals surface area contributed by atoms with Crippen molar-refractivity contribution in [1.29, 1.82) is 0 Å². The van der Waals surface area contributed by atoms with E-state index in [1.807, 2.05) is 13.8 Å². The van der Waals surface area contributed by atoms with E-state index in [0.717, 1.165) is 12.8 Å². The van der Waals surface area contributed by atoms with E-state index in [0.29, 0.717) is 12.2 Å². The van der Waals surface area contributed by atoms with Gasteiger partial charge in [-0.15, -0.1) is 12.4 Å². The van der Waals surface area contributed by atoms with Gasteiger partial charge < -0.3 is 16.0 Å². The van der Waals surface area contributed by atoms with E-state index in [2.05, 4.69) is 10.0 Å². The Hall–Kier alpha value is -1.68. The van der Waals surface area contributed by atoms with Crippen molar-refractivity contribution in [2.75, 3.05) is 25.0 Å². The summed E-state index contributed by atoms with van der Waals surface area (Å²) in [4.78, 5) is 26.6. The minimum atomic E-state index is -3.68. The lowest BCUT2D eigenvalue weighted by Crippen LogP contribution is -2.36. The van der Waals surface area contributed by atoms with E-state index in [1.54, 1.807) is 17.0 Å². The summed E-state index contributed by atoms with van der Waals surface area (Å²) in [6.07, 6.45) is 1.89. The predicted molar refractivity (Wildman–Crippen MR) is 111 cm³/mol. The SMILES string of the molecule is CCC(CC)N1CC(C(=O)Nc2cccc(S(=O)(=O)NCCN)c2)CC1=O.Cl. The quantitative estimate of drug-likeness (QED) is 0.543. The van der Waals surface area contributed by atoms with Crippen molar-refractivity contribution < 1.29 is 18.0 Å². The fourth-order valence-corrected chi connectivity index (χ4v) is 4.34. The first-order valence-corrected chi connectivity index (χ1v) is 10.7. The number of rotatable bonds is 9. The van der Waals surface area contributed by atoms with Crippen LogP contribution in [-0.4, -0.2) is 50.8 Å². The van der Waals surface area contributed by atoms with Crippen molar-refractivity contribution in [2.45, 2.75) is 44.0 Å². The van der Waals surface area contributed by atoms with Crippen molar-refractivity contribution >= 4 is 39.9 Å². The van der Waals surface area contributed by atoms with E-state index < -0.39 is 15.9 Å². The molecule has 0 aromatic heterocycles. The van der Waals surface area contributed by atoms with Gasteiger partial charge in [-0.05, 0) is 31.0 Å². The van der Waals surface area contributed by atoms with Gasteiger partial charge in [-0.25, -0.2) is 13.1 Å². The second kappa shape index (κ2) is 10.8. The molecular formula is C18H29ClN4O4S. The predicted octanol–water partition coefficient (Wildman–Crippen LogP) is 1.32. The number of carbonyl (C=O) groups is 2. The molecule has 2 rings (SSSR count). The number of halogens is 1. The van der Waals surface area contributed by atoms with Crippen molar-refractivity contribution in [3.63, 3.8) is 0 Å². The number of nitrogens with zero attached hydrogens (tertiary/aromatic N) is 1. The number of nitrogens with two attached hydrogens (primary N) is 1. The molecule has 10 heteroatoms. The van der Waals surface area contributed by atoms with Crippen LogP contribution in [0.15, 0.2) is 29.2 Å². The van der Waals surface area contributed by atoms with Crippen molar-refractivity contribution in [2.24, 2.45) is 11.7 Å². The van der Waals surface area contributed by atoms with Crippen LogP contribution < -0.4 is 15.8 Å². The van der Waals surface area contributed by atoms with E-state index in [-0.39, 0.29) is 54.7 Å². The smallest absolute Gasteiger partial charge is 0.240 e. The van der Waals surface area contributed by atoms with Gasteiger partial charge in [0.05, 0.1) is 10.8 Å². The van der Waals surface area contributed by atoms with Crippen LogP contribution in [0.4, 0.5) is 5.69 Å². The number of hydrogen-bond donors (Lipinski definition) is 3. The second-order valence-electron chi connectivity index (χ2n) is 6.62. The van der Waals surface area contributed by atoms with Gasteiger partial charge in [0.2, 0.25) is 21.8 Å². The van der Waals surface area contributed by atoms with Gasteiger partial charge >= 0.3 is 0 Å². The van der Waals surface area contributed by atoms with Gasteiger partial charge in [0.15, 0.2) is 0 Å². The summed E-state index contributed by atoms with van der Waals surface area (Å²) in [7, 11) is -3.68. The first-order chi connectivity index (χ1) is 12.8. The molecule has 0 radical (unpaired) electrons. The molecule has 1 saturated heterocycles. The van der Waals surface area contributed by atoms with Crippen molar-refractivity contribution in [3.8, 4) is 0 Å². The molecule has 1 aromatic carbocycles. The van der Waals surface area contributed by atoms with Gasteiger partial charge in [0, 0.05) is 37.8 Å². The molecule has 8 nitrogen and oxygen atoms in total. The highest BCUT2D eigenvalue weighted by Crippen LogP contribution is 2.25. The zero-order valence-corrected chi connectivity index (χ0v) is 17.8. The Morgan fingerprint density at radius 1 is 1.32 bits per heavy atom. The number of benzene rings is 1. The lowest BCUT2D eigenvalue weighted by atomic mass is 10.1. The zero-order chi connectivity index (χ0) is 20.0. The van der Waals surface area contributed by atoms with Crippen molar-refractivity contribution in [3.05, 3.63) is 24.3 Å². The third kappa shape index (κ3) is 5.91. The number of carbonyl (C=O) groups excluding carboxylic acids is 2. The second-order valence-corrected chi connectivity index (χ2v) is 8.39. The van der Waals surface area contributed by atoms with E-state index >= 15 is 0 Å². The summed E-state index contributed by atoms with van der Waals surface area (Å²) in [5.41, 5.74) is 5.71. The number of hydrogen-bond acceptors (Lipinski definition) is 5. The third-order valence-corrected chi connectivity index (χ3v) is 6.22. The van der Waals surface area contributed by atoms with E-state index in [4.69, 9.17) is 5.73 Å². The van der Waals surface area contributed by atoms with Crippen LogP contribution >= 0.6 is 12.4 Å². The largest absolute Gasteiger partial charge is 0.339 e. The molecule has 1 aromatic rings. The molecule has 1 heterocycles. The van der Waals surface area contributed by atoms with Crippen LogP contribution in [0.1, 0.15) is 33.1 Å². The van der Waals surface area contributed by atoms with Crippen LogP contribution in [0.5, 0.6) is 0 Å². The molecule has 28 heavy (non-hydrogen) atoms. The maximum absolute atomic E-state index is 12.6. The number of amides is 2. The van der Waals surface area contributed by atoms with Crippen LogP contribution in [0.3, 0.4) is 0 Å². The topological polar surface area (TPSA) is 122 Å². The van der Waals surface area contributed by atoms with Gasteiger partial charge in [-0.3, -0.25) is 9.59 Å². The highest BCUT2D eigenvalue weighted by Gasteiger charge is 2.36. The average molecular weight is 433 g/mol. The molecule has 1 atom stereocenters. The number of likely N-dealkylation sites (tertiary alicyclic amines) is 1. The Morgan fingerprint density at radius 3 is 2.61 bits per heavy atom. The molecule has 1 fully saturated rings. The molecule has 0 spiro atoms. The Kier molecular flexibility index (Phi) is 9.35. The minimum Gasteiger partial charge on any atom is -0.339 e. The number of sulfonamides is 1. The van der Waals surface area contributed by atoms with E-state index in [1.165, 1.54) is 12.1 Å². The molecule has 1 unspecified atom stereocenters. The molecule has 0 bridgehead atoms. The standard InChI is InChI=1S/C18H28N4O4S.ClH/c1-3-15(4-2)22-12-13(10-17(22)23)18(24)21-14-6-5-7-16(11-14)27(25,26)20-9-8-19;/h5-7,11,13,15,20H,3-4,8-10,12,19H2,1-2H3,(H,21,24);1H. The van der Waals surface area contributed by atoms with Gasteiger partial charge in [-0.1, -0.05) is 19.9 Å². The summed E-state index contributed by atoms with van der Waals surface area (Å²) < 4.78 is 26.7. The maximum atomic E-state index is 12.6. The number of nitrogens with one attached hydrogen (secondary N) is 2. The maximum Gasteiger partial charge on any atom is 0.240 e. The first kappa shape index (κ1) is 24.4.